The van der Waals surface area contributed by atoms with Crippen LogP contribution < -0.4 is 5.32 Å². The number of hydrogen-bond donors (Lipinski definition) is 1. The second-order valence-corrected chi connectivity index (χ2v) is 5.07. The Kier molecular flexibility index (Phi) is 4.16. The van der Waals surface area contributed by atoms with Crippen molar-refractivity contribution in [1.29, 1.82) is 0 Å². The number of hydrogen-bond acceptors (Lipinski definition) is 4. The smallest absolute Gasteiger partial charge is 0.252 e. The summed E-state index contributed by atoms with van der Waals surface area (Å²) < 4.78 is 1.78. The molecule has 1 N–H and O–H groups in total. The SMILES string of the molecule is CC(C)N1C(=O)CC(NC(=O)CCn2ccnc2)C1=O. The molecule has 7 heteroatoms. The van der Waals surface area contributed by atoms with Crippen molar-refractivity contribution in [2.45, 2.75) is 45.3 Å². The number of nitrogens with one attached hydrogen (secondary N) is 1. The molecule has 1 fully saturated rings. The van der Waals surface area contributed by atoms with Gasteiger partial charge in [-0.15, -0.1) is 0 Å². The van der Waals surface area contributed by atoms with Gasteiger partial charge < -0.3 is 9.88 Å². The van der Waals surface area contributed by atoms with E-state index >= 15 is 0 Å². The Labute approximate surface area is 117 Å². The van der Waals surface area contributed by atoms with Crippen LogP contribution in [-0.2, 0) is 20.9 Å². The van der Waals surface area contributed by atoms with Gasteiger partial charge in [0.1, 0.15) is 6.04 Å². The molecule has 108 valence electrons. The fraction of sp³-hybridized carbons (Fsp3) is 0.538. The van der Waals surface area contributed by atoms with Gasteiger partial charge in [0.15, 0.2) is 0 Å². The summed E-state index contributed by atoms with van der Waals surface area (Å²) in [4.78, 5) is 40.6. The van der Waals surface area contributed by atoms with Gasteiger partial charge in [-0.05, 0) is 13.8 Å². The van der Waals surface area contributed by atoms with Crippen molar-refractivity contribution in [1.82, 2.24) is 19.8 Å². The molecule has 3 amide bonds. The standard InChI is InChI=1S/C13H18N4O3/c1-9(2)17-12(19)7-10(13(17)20)15-11(18)3-5-16-6-4-14-8-16/h4,6,8-10H,3,5,7H2,1-2H3,(H,15,18). The topological polar surface area (TPSA) is 84.3 Å². The highest BCUT2D eigenvalue weighted by Gasteiger charge is 2.40. The van der Waals surface area contributed by atoms with Gasteiger partial charge in [0, 0.05) is 31.4 Å². The normalized spacial score (nSPS) is 18.9. The fourth-order valence-electron chi connectivity index (χ4n) is 2.22. The Hall–Kier alpha value is -2.18. The van der Waals surface area contributed by atoms with Gasteiger partial charge in [-0.2, -0.15) is 0 Å². The van der Waals surface area contributed by atoms with Crippen LogP contribution in [0.15, 0.2) is 18.7 Å². The maximum atomic E-state index is 12.0. The Morgan fingerprint density at radius 3 is 2.80 bits per heavy atom. The molecule has 7 nitrogen and oxygen atoms in total. The second kappa shape index (κ2) is 5.85. The van der Waals surface area contributed by atoms with Crippen molar-refractivity contribution in [3.8, 4) is 0 Å². The number of carbonyl (C=O) groups excluding carboxylic acids is 3. The molecule has 0 aromatic carbocycles. The molecule has 0 saturated carbocycles. The van der Waals surface area contributed by atoms with E-state index in [1.807, 2.05) is 0 Å². The van der Waals surface area contributed by atoms with Crippen LogP contribution in [0.1, 0.15) is 26.7 Å². The van der Waals surface area contributed by atoms with Gasteiger partial charge in [-0.1, -0.05) is 0 Å². The largest absolute Gasteiger partial charge is 0.344 e. The van der Waals surface area contributed by atoms with Gasteiger partial charge in [-0.25, -0.2) is 4.98 Å². The molecule has 0 bridgehead atoms. The average molecular weight is 278 g/mol. The number of nitrogens with zero attached hydrogens (tertiary/aromatic N) is 3. The molecule has 1 unspecified atom stereocenters. The van der Waals surface area contributed by atoms with Crippen molar-refractivity contribution in [3.63, 3.8) is 0 Å². The summed E-state index contributed by atoms with van der Waals surface area (Å²) in [6.45, 7) is 4.05. The number of imide groups is 1. The maximum absolute atomic E-state index is 12.0. The fourth-order valence-corrected chi connectivity index (χ4v) is 2.22. The number of imidazole rings is 1. The first kappa shape index (κ1) is 14.2. The van der Waals surface area contributed by atoms with Crippen molar-refractivity contribution < 1.29 is 14.4 Å². The predicted octanol–water partition coefficient (Wildman–Crippen LogP) is -0.0747. The van der Waals surface area contributed by atoms with E-state index in [0.717, 1.165) is 0 Å². The van der Waals surface area contributed by atoms with Crippen LogP contribution in [0.3, 0.4) is 0 Å². The average Bonchev–Trinajstić information content (AvgIpc) is 2.96. The highest BCUT2D eigenvalue weighted by atomic mass is 16.2. The second-order valence-electron chi connectivity index (χ2n) is 5.07. The van der Waals surface area contributed by atoms with Crippen molar-refractivity contribution in [2.24, 2.45) is 0 Å². The van der Waals surface area contributed by atoms with Crippen LogP contribution in [0.5, 0.6) is 0 Å². The number of likely N-dealkylation sites (tertiary alicyclic amines) is 1. The van der Waals surface area contributed by atoms with E-state index in [0.29, 0.717) is 6.54 Å². The van der Waals surface area contributed by atoms with Gasteiger partial charge in [-0.3, -0.25) is 19.3 Å². The molecule has 1 aliphatic heterocycles. The van der Waals surface area contributed by atoms with E-state index in [9.17, 15) is 14.4 Å². The first-order valence-corrected chi connectivity index (χ1v) is 6.60. The molecule has 0 aliphatic carbocycles. The van der Waals surface area contributed by atoms with Gasteiger partial charge in [0.25, 0.3) is 5.91 Å². The van der Waals surface area contributed by atoms with Crippen LogP contribution in [0, 0.1) is 0 Å². The van der Waals surface area contributed by atoms with Crippen LogP contribution in [0.25, 0.3) is 0 Å². The predicted molar refractivity (Wildman–Crippen MR) is 70.4 cm³/mol. The van der Waals surface area contributed by atoms with Crippen LogP contribution in [0.4, 0.5) is 0 Å². The van der Waals surface area contributed by atoms with Gasteiger partial charge in [0.2, 0.25) is 11.8 Å². The molecule has 1 aliphatic rings. The van der Waals surface area contributed by atoms with E-state index in [1.54, 1.807) is 37.1 Å². The third kappa shape index (κ3) is 3.04. The molecule has 2 rings (SSSR count). The monoisotopic (exact) mass is 278 g/mol. The lowest BCUT2D eigenvalue weighted by Gasteiger charge is -2.19. The van der Waals surface area contributed by atoms with E-state index in [-0.39, 0.29) is 36.6 Å². The third-order valence-corrected chi connectivity index (χ3v) is 3.19. The first-order chi connectivity index (χ1) is 9.49. The Morgan fingerprint density at radius 1 is 1.50 bits per heavy atom. The molecule has 0 spiro atoms. The Bertz CT molecular complexity index is 510. The van der Waals surface area contributed by atoms with E-state index in [4.69, 9.17) is 0 Å². The maximum Gasteiger partial charge on any atom is 0.252 e. The van der Waals surface area contributed by atoms with Crippen molar-refractivity contribution in [2.75, 3.05) is 0 Å². The molecule has 0 radical (unpaired) electrons. The van der Waals surface area contributed by atoms with Crippen molar-refractivity contribution >= 4 is 17.7 Å². The summed E-state index contributed by atoms with van der Waals surface area (Å²) in [6, 6.07) is -0.900. The lowest BCUT2D eigenvalue weighted by molar-refractivity contribution is -0.141. The van der Waals surface area contributed by atoms with E-state index in [1.165, 1.54) is 4.90 Å². The van der Waals surface area contributed by atoms with Crippen molar-refractivity contribution in [3.05, 3.63) is 18.7 Å². The molecule has 1 aromatic heterocycles. The van der Waals surface area contributed by atoms with E-state index < -0.39 is 6.04 Å². The zero-order valence-corrected chi connectivity index (χ0v) is 11.6. The highest BCUT2D eigenvalue weighted by molar-refractivity contribution is 6.07. The van der Waals surface area contributed by atoms with E-state index in [2.05, 4.69) is 10.3 Å². The molecule has 1 saturated heterocycles. The summed E-state index contributed by atoms with van der Waals surface area (Å²) in [5.41, 5.74) is 0. The lowest BCUT2D eigenvalue weighted by Crippen LogP contribution is -2.43. The summed E-state index contributed by atoms with van der Waals surface area (Å²) >= 11 is 0. The molecular formula is C13H18N4O3. The first-order valence-electron chi connectivity index (χ1n) is 6.60. The minimum Gasteiger partial charge on any atom is -0.344 e. The summed E-state index contributed by atoms with van der Waals surface area (Å²) in [5.74, 6) is -0.790. The number of aromatic nitrogens is 2. The zero-order valence-electron chi connectivity index (χ0n) is 11.6. The summed E-state index contributed by atoms with van der Waals surface area (Å²) in [5, 5.41) is 2.62. The quantitative estimate of drug-likeness (QED) is 0.764. The third-order valence-electron chi connectivity index (χ3n) is 3.19. The molecule has 2 heterocycles. The highest BCUT2D eigenvalue weighted by Crippen LogP contribution is 2.16. The van der Waals surface area contributed by atoms with Gasteiger partial charge >= 0.3 is 0 Å². The molecule has 1 atom stereocenters. The van der Waals surface area contributed by atoms with Crippen LogP contribution >= 0.6 is 0 Å². The van der Waals surface area contributed by atoms with Crippen LogP contribution in [0.2, 0.25) is 0 Å². The number of rotatable bonds is 5. The minimum atomic E-state index is -0.722. The summed E-state index contributed by atoms with van der Waals surface area (Å²) in [6.07, 6.45) is 5.32. The zero-order chi connectivity index (χ0) is 14.7. The number of aryl methyl sites for hydroxylation is 1. The Balaban J connectivity index is 1.86. The Morgan fingerprint density at radius 2 is 2.25 bits per heavy atom. The number of amides is 3. The minimum absolute atomic E-state index is 0.0494. The molecule has 1 aromatic rings. The number of carbonyl (C=O) groups is 3. The summed E-state index contributed by atoms with van der Waals surface area (Å²) in [7, 11) is 0. The molecular weight excluding hydrogens is 260 g/mol. The molecule has 20 heavy (non-hydrogen) atoms. The lowest BCUT2D eigenvalue weighted by atomic mass is 10.2. The van der Waals surface area contributed by atoms with Crippen LogP contribution in [-0.4, -0.2) is 44.3 Å². The van der Waals surface area contributed by atoms with Gasteiger partial charge in [0.05, 0.1) is 12.7 Å².